The van der Waals surface area contributed by atoms with Crippen LogP contribution in [0.5, 0.6) is 0 Å². The smallest absolute Gasteiger partial charge is 0.354 e. The first-order chi connectivity index (χ1) is 17.8. The number of aryl methyl sites for hydroxylation is 2. The van der Waals surface area contributed by atoms with Crippen molar-refractivity contribution in [2.45, 2.75) is 31.3 Å². The van der Waals surface area contributed by atoms with Crippen LogP contribution < -0.4 is 4.90 Å². The van der Waals surface area contributed by atoms with E-state index in [0.717, 1.165) is 18.2 Å². The third-order valence-electron chi connectivity index (χ3n) is 6.23. The van der Waals surface area contributed by atoms with E-state index in [1.807, 2.05) is 4.90 Å². The average molecular weight is 570 g/mol. The van der Waals surface area contributed by atoms with Crippen LogP contribution in [-0.2, 0) is 22.6 Å². The third-order valence-corrected chi connectivity index (χ3v) is 8.44. The fourth-order valence-corrected chi connectivity index (χ4v) is 5.96. The number of sulfonamides is 1. The van der Waals surface area contributed by atoms with E-state index in [1.54, 1.807) is 19.9 Å². The summed E-state index contributed by atoms with van der Waals surface area (Å²) < 4.78 is 67.2. The maximum Gasteiger partial charge on any atom is 0.416 e. The van der Waals surface area contributed by atoms with Crippen LogP contribution in [0.4, 0.5) is 24.7 Å². The van der Waals surface area contributed by atoms with Gasteiger partial charge in [0.1, 0.15) is 16.7 Å². The number of nitrogens with zero attached hydrogens (tertiary/aromatic N) is 5. The van der Waals surface area contributed by atoms with Gasteiger partial charge in [0.15, 0.2) is 0 Å². The van der Waals surface area contributed by atoms with Crippen LogP contribution in [0, 0.1) is 24.0 Å². The minimum absolute atomic E-state index is 0.0733. The van der Waals surface area contributed by atoms with Crippen LogP contribution in [0.2, 0.25) is 5.02 Å². The van der Waals surface area contributed by atoms with Gasteiger partial charge in [0.05, 0.1) is 15.4 Å². The van der Waals surface area contributed by atoms with Crippen molar-refractivity contribution < 1.29 is 26.5 Å². The van der Waals surface area contributed by atoms with Crippen molar-refractivity contribution in [2.24, 2.45) is 0 Å². The fourth-order valence-electron chi connectivity index (χ4n) is 4.33. The molecule has 4 rings (SSSR count). The normalized spacial score (nSPS) is 15.1. The predicted molar refractivity (Wildman–Crippen MR) is 135 cm³/mol. The van der Waals surface area contributed by atoms with E-state index in [-0.39, 0.29) is 42.5 Å². The number of benzene rings is 2. The number of nitro benzene ring substituents is 1. The fraction of sp³-hybridized carbons (Fsp3) is 0.333. The Morgan fingerprint density at radius 3 is 2.37 bits per heavy atom. The molecular weight excluding hydrogens is 547 g/mol. The highest BCUT2D eigenvalue weighted by molar-refractivity contribution is 7.89. The first kappa shape index (κ1) is 27.7. The summed E-state index contributed by atoms with van der Waals surface area (Å²) in [6, 6.07) is 8.41. The van der Waals surface area contributed by atoms with E-state index in [1.165, 1.54) is 22.5 Å². The standard InChI is InChI=1S/C24H23ClF3N5O4S/c1-15-20(13-17-4-3-5-18(12-17)24(26,27)28)23(30-16(2)29-15)31-8-10-32(11-9-31)38(36,37)19-6-7-21(25)22(14-19)33(34)35/h3-7,12,14H,8-11,13H2,1-2H3. The number of piperazine rings is 1. The molecule has 1 saturated heterocycles. The maximum atomic E-state index is 13.2. The van der Waals surface area contributed by atoms with Crippen LogP contribution in [-0.4, -0.2) is 53.8 Å². The highest BCUT2D eigenvalue weighted by Gasteiger charge is 2.33. The lowest BCUT2D eigenvalue weighted by atomic mass is 10.0. The Morgan fingerprint density at radius 2 is 1.74 bits per heavy atom. The highest BCUT2D eigenvalue weighted by atomic mass is 35.5. The second kappa shape index (κ2) is 10.5. The van der Waals surface area contributed by atoms with E-state index < -0.39 is 32.4 Å². The van der Waals surface area contributed by atoms with E-state index in [4.69, 9.17) is 11.6 Å². The second-order valence-corrected chi connectivity index (χ2v) is 11.1. The average Bonchev–Trinajstić information content (AvgIpc) is 2.85. The molecule has 0 amide bonds. The number of rotatable bonds is 6. The van der Waals surface area contributed by atoms with Crippen LogP contribution in [0.3, 0.4) is 0 Å². The number of alkyl halides is 3. The molecule has 202 valence electrons. The molecule has 0 unspecified atom stereocenters. The lowest BCUT2D eigenvalue weighted by Gasteiger charge is -2.35. The van der Waals surface area contributed by atoms with E-state index >= 15 is 0 Å². The summed E-state index contributed by atoms with van der Waals surface area (Å²) in [4.78, 5) is 21.0. The molecule has 2 aromatic carbocycles. The molecule has 14 heteroatoms. The molecule has 1 fully saturated rings. The Kier molecular flexibility index (Phi) is 7.64. The minimum Gasteiger partial charge on any atom is -0.354 e. The van der Waals surface area contributed by atoms with Gasteiger partial charge in [-0.2, -0.15) is 17.5 Å². The summed E-state index contributed by atoms with van der Waals surface area (Å²) in [6.07, 6.45) is -4.30. The molecule has 0 aliphatic carbocycles. The first-order valence-electron chi connectivity index (χ1n) is 11.5. The van der Waals surface area contributed by atoms with Crippen LogP contribution >= 0.6 is 11.6 Å². The van der Waals surface area contributed by atoms with Crippen molar-refractivity contribution in [3.05, 3.63) is 85.8 Å². The second-order valence-electron chi connectivity index (χ2n) is 8.79. The van der Waals surface area contributed by atoms with Gasteiger partial charge in [0, 0.05) is 49.9 Å². The summed E-state index contributed by atoms with van der Waals surface area (Å²) in [6.45, 7) is 4.11. The topological polar surface area (TPSA) is 110 Å². The molecule has 2 heterocycles. The van der Waals surface area contributed by atoms with E-state index in [0.29, 0.717) is 28.5 Å². The summed E-state index contributed by atoms with van der Waals surface area (Å²) in [5.74, 6) is 1.01. The molecule has 0 bridgehead atoms. The Morgan fingerprint density at radius 1 is 1.05 bits per heavy atom. The van der Waals surface area contributed by atoms with Gasteiger partial charge in [-0.15, -0.1) is 0 Å². The third kappa shape index (κ3) is 5.74. The van der Waals surface area contributed by atoms with Gasteiger partial charge in [-0.05, 0) is 37.6 Å². The van der Waals surface area contributed by atoms with Gasteiger partial charge in [-0.25, -0.2) is 18.4 Å². The molecule has 1 aliphatic heterocycles. The molecule has 0 N–H and O–H groups in total. The molecule has 38 heavy (non-hydrogen) atoms. The number of anilines is 1. The molecule has 0 spiro atoms. The summed E-state index contributed by atoms with van der Waals surface area (Å²) >= 11 is 5.82. The zero-order chi connectivity index (χ0) is 27.8. The van der Waals surface area contributed by atoms with Crippen molar-refractivity contribution in [1.82, 2.24) is 14.3 Å². The zero-order valence-corrected chi connectivity index (χ0v) is 21.9. The van der Waals surface area contributed by atoms with Gasteiger partial charge in [0.2, 0.25) is 10.0 Å². The Hall–Kier alpha value is -3.29. The van der Waals surface area contributed by atoms with Gasteiger partial charge < -0.3 is 4.90 Å². The minimum atomic E-state index is -4.47. The number of aromatic nitrogens is 2. The van der Waals surface area contributed by atoms with Gasteiger partial charge >= 0.3 is 6.18 Å². The number of hydrogen-bond donors (Lipinski definition) is 0. The molecule has 0 atom stereocenters. The van der Waals surface area contributed by atoms with E-state index in [9.17, 15) is 31.7 Å². The van der Waals surface area contributed by atoms with Crippen LogP contribution in [0.25, 0.3) is 0 Å². The molecule has 1 aromatic heterocycles. The van der Waals surface area contributed by atoms with Crippen molar-refractivity contribution in [2.75, 3.05) is 31.1 Å². The first-order valence-corrected chi connectivity index (χ1v) is 13.3. The van der Waals surface area contributed by atoms with Crippen LogP contribution in [0.1, 0.15) is 28.2 Å². The number of hydrogen-bond acceptors (Lipinski definition) is 7. The largest absolute Gasteiger partial charge is 0.416 e. The molecule has 3 aromatic rings. The monoisotopic (exact) mass is 569 g/mol. The van der Waals surface area contributed by atoms with E-state index in [2.05, 4.69) is 9.97 Å². The lowest BCUT2D eigenvalue weighted by Crippen LogP contribution is -2.49. The molecular formula is C24H23ClF3N5O4S. The predicted octanol–water partition coefficient (Wildman–Crippen LogP) is 4.78. The van der Waals surface area contributed by atoms with Crippen molar-refractivity contribution in [1.29, 1.82) is 0 Å². The Labute approximate surface area is 222 Å². The zero-order valence-electron chi connectivity index (χ0n) is 20.4. The summed E-state index contributed by atoms with van der Waals surface area (Å²) in [7, 11) is -4.03. The Balaban J connectivity index is 1.58. The van der Waals surface area contributed by atoms with Gasteiger partial charge in [-0.1, -0.05) is 29.8 Å². The number of halogens is 4. The highest BCUT2D eigenvalue weighted by Crippen LogP contribution is 2.32. The summed E-state index contributed by atoms with van der Waals surface area (Å²) in [5.41, 5.74) is 0.469. The van der Waals surface area contributed by atoms with Crippen LogP contribution in [0.15, 0.2) is 47.4 Å². The van der Waals surface area contributed by atoms with Gasteiger partial charge in [0.25, 0.3) is 5.69 Å². The molecule has 1 aliphatic rings. The lowest BCUT2D eigenvalue weighted by molar-refractivity contribution is -0.384. The summed E-state index contributed by atoms with van der Waals surface area (Å²) in [5, 5.41) is 11.0. The van der Waals surface area contributed by atoms with Crippen molar-refractivity contribution in [3.63, 3.8) is 0 Å². The molecule has 9 nitrogen and oxygen atoms in total. The SMILES string of the molecule is Cc1nc(C)c(Cc2cccc(C(F)(F)F)c2)c(N2CCN(S(=O)(=O)c3ccc(Cl)c([N+](=O)[O-])c3)CC2)n1. The quantitative estimate of drug-likeness (QED) is 0.310. The Bertz CT molecular complexity index is 1490. The molecule has 0 radical (unpaired) electrons. The molecule has 0 saturated carbocycles. The maximum absolute atomic E-state index is 13.2. The van der Waals surface area contributed by atoms with Crippen molar-refractivity contribution in [3.8, 4) is 0 Å². The van der Waals surface area contributed by atoms with Crippen molar-refractivity contribution >= 4 is 33.1 Å². The number of nitro groups is 1. The van der Waals surface area contributed by atoms with Gasteiger partial charge in [-0.3, -0.25) is 10.1 Å².